The first-order chi connectivity index (χ1) is 15.5. The maximum atomic E-state index is 12.8. The Bertz CT molecular complexity index is 1280. The van der Waals surface area contributed by atoms with Crippen molar-refractivity contribution in [3.63, 3.8) is 0 Å². The van der Waals surface area contributed by atoms with Crippen LogP contribution in [0.1, 0.15) is 15.9 Å². The second kappa shape index (κ2) is 9.09. The molecule has 0 aliphatic heterocycles. The average molecular weight is 431 g/mol. The van der Waals surface area contributed by atoms with Crippen LogP contribution in [0.4, 0.5) is 22.0 Å². The number of nitrogens with zero attached hydrogens (tertiary/aromatic N) is 1. The normalized spacial score (nSPS) is 10.5. The largest absolute Gasteiger partial charge is 0.497 e. The number of carbonyl (C=O) groups excluding carboxylic acids is 2. The molecule has 0 bridgehead atoms. The number of carbonyl (C=O) groups is 2. The molecule has 0 aliphatic carbocycles. The molecule has 0 radical (unpaired) electrons. The minimum atomic E-state index is -0.359. The van der Waals surface area contributed by atoms with Crippen LogP contribution in [-0.4, -0.2) is 24.2 Å². The number of nitrogen functional groups attached to an aromatic ring is 1. The molecule has 0 saturated carbocycles. The molecule has 3 amide bonds. The summed E-state index contributed by atoms with van der Waals surface area (Å²) in [6.45, 7) is 0.272. The Hall–Kier alpha value is -4.53. The van der Waals surface area contributed by atoms with Crippen molar-refractivity contribution in [2.75, 3.05) is 23.5 Å². The summed E-state index contributed by atoms with van der Waals surface area (Å²) in [4.78, 5) is 25.0. The highest BCUT2D eigenvalue weighted by Gasteiger charge is 2.16. The Balaban J connectivity index is 1.39. The lowest BCUT2D eigenvalue weighted by molar-refractivity contribution is 0.102. The first kappa shape index (κ1) is 20.7. The van der Waals surface area contributed by atoms with Crippen molar-refractivity contribution in [1.29, 1.82) is 0 Å². The predicted molar refractivity (Wildman–Crippen MR) is 122 cm³/mol. The number of urea groups is 1. The second-order valence-electron chi connectivity index (χ2n) is 6.94. The van der Waals surface area contributed by atoms with Crippen LogP contribution < -0.4 is 26.4 Å². The van der Waals surface area contributed by atoms with Crippen LogP contribution in [0.2, 0.25) is 0 Å². The number of aromatic nitrogens is 1. The number of ether oxygens (including phenoxy) is 1. The molecule has 9 nitrogen and oxygen atoms in total. The van der Waals surface area contributed by atoms with E-state index in [0.29, 0.717) is 33.7 Å². The summed E-state index contributed by atoms with van der Waals surface area (Å²) < 4.78 is 10.3. The zero-order valence-electron chi connectivity index (χ0n) is 17.2. The summed E-state index contributed by atoms with van der Waals surface area (Å²) in [6.07, 6.45) is 0. The van der Waals surface area contributed by atoms with Gasteiger partial charge in [0.2, 0.25) is 0 Å². The van der Waals surface area contributed by atoms with Crippen molar-refractivity contribution in [3.8, 4) is 5.75 Å². The lowest BCUT2D eigenvalue weighted by Crippen LogP contribution is -2.28. The van der Waals surface area contributed by atoms with Crippen molar-refractivity contribution in [3.05, 3.63) is 77.9 Å². The van der Waals surface area contributed by atoms with E-state index in [0.717, 1.165) is 5.56 Å². The molecular weight excluding hydrogens is 410 g/mol. The van der Waals surface area contributed by atoms with Gasteiger partial charge in [-0.25, -0.2) is 4.79 Å². The number of nitrogens with one attached hydrogen (secondary N) is 3. The van der Waals surface area contributed by atoms with Gasteiger partial charge in [-0.2, -0.15) is 0 Å². The Morgan fingerprint density at radius 2 is 1.75 bits per heavy atom. The molecule has 3 aromatic carbocycles. The SMILES string of the molecule is COc1cccc(NC(=O)NCc2cccc(NC(=O)c3cccc4onc(N)c34)c2)c1. The van der Waals surface area contributed by atoms with Crippen LogP contribution in [0.25, 0.3) is 11.0 Å². The van der Waals surface area contributed by atoms with E-state index in [-0.39, 0.29) is 24.3 Å². The van der Waals surface area contributed by atoms with Crippen molar-refractivity contribution < 1.29 is 18.8 Å². The third kappa shape index (κ3) is 4.62. The van der Waals surface area contributed by atoms with Gasteiger partial charge in [0.15, 0.2) is 11.4 Å². The molecule has 0 saturated heterocycles. The summed E-state index contributed by atoms with van der Waals surface area (Å²) in [5.41, 5.74) is 8.64. The summed E-state index contributed by atoms with van der Waals surface area (Å²) >= 11 is 0. The number of methoxy groups -OCH3 is 1. The zero-order valence-corrected chi connectivity index (χ0v) is 17.2. The highest BCUT2D eigenvalue weighted by atomic mass is 16.5. The Morgan fingerprint density at radius 1 is 1.00 bits per heavy atom. The maximum absolute atomic E-state index is 12.8. The quantitative estimate of drug-likeness (QED) is 0.365. The number of hydrogen-bond donors (Lipinski definition) is 4. The third-order valence-corrected chi connectivity index (χ3v) is 4.73. The van der Waals surface area contributed by atoms with E-state index in [2.05, 4.69) is 21.1 Å². The van der Waals surface area contributed by atoms with Gasteiger partial charge in [-0.1, -0.05) is 29.4 Å². The zero-order chi connectivity index (χ0) is 22.5. The number of fused-ring (bicyclic) bond motifs is 1. The van der Waals surface area contributed by atoms with Gasteiger partial charge < -0.3 is 30.9 Å². The standard InChI is InChI=1S/C23H21N5O4/c1-31-17-8-3-7-16(12-17)27-23(30)25-13-14-5-2-6-15(11-14)26-22(29)18-9-4-10-19-20(18)21(24)28-32-19/h2-12H,13H2,1H3,(H2,24,28)(H,26,29)(H2,25,27,30). The lowest BCUT2D eigenvalue weighted by Gasteiger charge is -2.10. The number of anilines is 3. The van der Waals surface area contributed by atoms with Crippen molar-refractivity contribution in [2.45, 2.75) is 6.54 Å². The highest BCUT2D eigenvalue weighted by Crippen LogP contribution is 2.25. The fraction of sp³-hybridized carbons (Fsp3) is 0.0870. The molecule has 4 aromatic rings. The highest BCUT2D eigenvalue weighted by molar-refractivity contribution is 6.14. The van der Waals surface area contributed by atoms with E-state index in [1.54, 1.807) is 67.8 Å². The van der Waals surface area contributed by atoms with Gasteiger partial charge in [-0.3, -0.25) is 4.79 Å². The van der Waals surface area contributed by atoms with E-state index >= 15 is 0 Å². The number of benzene rings is 3. The number of hydrogen-bond acceptors (Lipinski definition) is 6. The van der Waals surface area contributed by atoms with Gasteiger partial charge in [-0.15, -0.1) is 0 Å². The number of amides is 3. The molecule has 1 heterocycles. The lowest BCUT2D eigenvalue weighted by atomic mass is 10.1. The summed E-state index contributed by atoms with van der Waals surface area (Å²) in [5, 5.41) is 12.6. The Labute approximate surface area is 183 Å². The van der Waals surface area contributed by atoms with E-state index < -0.39 is 0 Å². The van der Waals surface area contributed by atoms with Crippen LogP contribution in [0, 0.1) is 0 Å². The summed E-state index contributed by atoms with van der Waals surface area (Å²) in [7, 11) is 1.56. The average Bonchev–Trinajstić information content (AvgIpc) is 3.19. The molecule has 32 heavy (non-hydrogen) atoms. The molecule has 0 fully saturated rings. The fourth-order valence-electron chi connectivity index (χ4n) is 3.22. The molecule has 5 N–H and O–H groups in total. The van der Waals surface area contributed by atoms with Gasteiger partial charge in [0.25, 0.3) is 5.91 Å². The Kier molecular flexibility index (Phi) is 5.89. The van der Waals surface area contributed by atoms with Gasteiger partial charge >= 0.3 is 6.03 Å². The summed E-state index contributed by atoms with van der Waals surface area (Å²) in [5.74, 6) is 0.465. The molecule has 0 unspecified atom stereocenters. The van der Waals surface area contributed by atoms with Crippen LogP contribution >= 0.6 is 0 Å². The molecular formula is C23H21N5O4. The fourth-order valence-corrected chi connectivity index (χ4v) is 3.22. The van der Waals surface area contributed by atoms with Crippen LogP contribution in [0.15, 0.2) is 71.3 Å². The molecule has 9 heteroatoms. The number of rotatable bonds is 6. The van der Waals surface area contributed by atoms with Crippen molar-refractivity contribution in [2.24, 2.45) is 0 Å². The van der Waals surface area contributed by atoms with E-state index in [1.807, 2.05) is 6.07 Å². The maximum Gasteiger partial charge on any atom is 0.319 e. The van der Waals surface area contributed by atoms with Crippen LogP contribution in [0.3, 0.4) is 0 Å². The predicted octanol–water partition coefficient (Wildman–Crippen LogP) is 3.99. The van der Waals surface area contributed by atoms with Gasteiger partial charge in [-0.05, 0) is 42.0 Å². The molecule has 1 aromatic heterocycles. The van der Waals surface area contributed by atoms with Gasteiger partial charge in [0.05, 0.1) is 18.1 Å². The summed E-state index contributed by atoms with van der Waals surface area (Å²) in [6, 6.07) is 18.9. The minimum Gasteiger partial charge on any atom is -0.497 e. The van der Waals surface area contributed by atoms with Gasteiger partial charge in [0.1, 0.15) is 5.75 Å². The monoisotopic (exact) mass is 431 g/mol. The molecule has 0 atom stereocenters. The smallest absolute Gasteiger partial charge is 0.319 e. The van der Waals surface area contributed by atoms with E-state index in [4.69, 9.17) is 15.0 Å². The first-order valence-electron chi connectivity index (χ1n) is 9.76. The van der Waals surface area contributed by atoms with Gasteiger partial charge in [0, 0.05) is 24.0 Å². The van der Waals surface area contributed by atoms with Crippen LogP contribution in [-0.2, 0) is 6.54 Å². The van der Waals surface area contributed by atoms with Crippen molar-refractivity contribution in [1.82, 2.24) is 10.5 Å². The molecule has 162 valence electrons. The van der Waals surface area contributed by atoms with E-state index in [1.165, 1.54) is 0 Å². The van der Waals surface area contributed by atoms with Crippen molar-refractivity contribution >= 4 is 40.1 Å². The first-order valence-corrected chi connectivity index (χ1v) is 9.76. The topological polar surface area (TPSA) is 132 Å². The third-order valence-electron chi connectivity index (χ3n) is 4.73. The van der Waals surface area contributed by atoms with E-state index in [9.17, 15) is 9.59 Å². The second-order valence-corrected chi connectivity index (χ2v) is 6.94. The molecule has 0 aliphatic rings. The minimum absolute atomic E-state index is 0.158. The molecule has 0 spiro atoms. The Morgan fingerprint density at radius 3 is 2.56 bits per heavy atom. The number of nitrogens with two attached hydrogens (primary N) is 1. The van der Waals surface area contributed by atoms with Crippen LogP contribution in [0.5, 0.6) is 5.75 Å². The molecule has 4 rings (SSSR count).